The third kappa shape index (κ3) is 3.45. The van der Waals surface area contributed by atoms with Gasteiger partial charge in [0.25, 0.3) is 0 Å². The van der Waals surface area contributed by atoms with Gasteiger partial charge in [0.1, 0.15) is 0 Å². The Balaban J connectivity index is 1.95. The summed E-state index contributed by atoms with van der Waals surface area (Å²) in [6.45, 7) is 0. The highest BCUT2D eigenvalue weighted by molar-refractivity contribution is 7.17. The van der Waals surface area contributed by atoms with Crippen LogP contribution in [-0.4, -0.2) is 11.8 Å². The summed E-state index contributed by atoms with van der Waals surface area (Å²) >= 11 is 7.27. The lowest BCUT2D eigenvalue weighted by Crippen LogP contribution is -2.10. The van der Waals surface area contributed by atoms with Crippen molar-refractivity contribution < 1.29 is 4.79 Å². The molecule has 0 spiro atoms. The van der Waals surface area contributed by atoms with Gasteiger partial charge in [-0.15, -0.1) is 22.9 Å². The fraction of sp³-hybridized carbons (Fsp3) is 0.308. The summed E-state index contributed by atoms with van der Waals surface area (Å²) in [5, 5.41) is 6.13. The summed E-state index contributed by atoms with van der Waals surface area (Å²) in [5.74, 6) is 0.679. The first-order valence-corrected chi connectivity index (χ1v) is 7.04. The van der Waals surface area contributed by atoms with Crippen molar-refractivity contribution >= 4 is 44.6 Å². The van der Waals surface area contributed by atoms with Gasteiger partial charge in [0.2, 0.25) is 5.91 Å². The van der Waals surface area contributed by atoms with Crippen LogP contribution in [0.1, 0.15) is 19.3 Å². The lowest BCUT2D eigenvalue weighted by atomic mass is 10.2. The Morgan fingerprint density at radius 3 is 3.00 bits per heavy atom. The Hall–Kier alpha value is -1.06. The fourth-order valence-electron chi connectivity index (χ4n) is 1.65. The largest absolute Gasteiger partial charge is 0.326 e. The number of amides is 1. The minimum atomic E-state index is 0.0599. The second kappa shape index (κ2) is 6.03. The number of anilines is 1. The molecule has 90 valence electrons. The Bertz CT molecular complexity index is 509. The van der Waals surface area contributed by atoms with Gasteiger partial charge in [-0.1, -0.05) is 0 Å². The summed E-state index contributed by atoms with van der Waals surface area (Å²) in [7, 11) is 0. The summed E-state index contributed by atoms with van der Waals surface area (Å²) in [4.78, 5) is 11.6. The zero-order chi connectivity index (χ0) is 12.1. The van der Waals surface area contributed by atoms with Crippen LogP contribution in [0.15, 0.2) is 29.6 Å². The number of carbonyl (C=O) groups is 1. The van der Waals surface area contributed by atoms with E-state index in [1.54, 1.807) is 11.3 Å². The quantitative estimate of drug-likeness (QED) is 0.637. The molecule has 2 rings (SSSR count). The summed E-state index contributed by atoms with van der Waals surface area (Å²) < 4.78 is 1.24. The maximum atomic E-state index is 11.6. The van der Waals surface area contributed by atoms with Crippen LogP contribution in [-0.2, 0) is 4.79 Å². The van der Waals surface area contributed by atoms with Crippen molar-refractivity contribution in [1.29, 1.82) is 0 Å². The molecule has 0 aliphatic rings. The summed E-state index contributed by atoms with van der Waals surface area (Å²) in [5.41, 5.74) is 0.867. The van der Waals surface area contributed by atoms with Crippen LogP contribution in [0.5, 0.6) is 0 Å². The average Bonchev–Trinajstić information content (AvgIpc) is 2.76. The van der Waals surface area contributed by atoms with Gasteiger partial charge in [-0.25, -0.2) is 0 Å². The zero-order valence-corrected chi connectivity index (χ0v) is 11.0. The number of nitrogens with one attached hydrogen (secondary N) is 1. The van der Waals surface area contributed by atoms with E-state index in [1.165, 1.54) is 10.1 Å². The third-order valence-electron chi connectivity index (χ3n) is 2.52. The van der Waals surface area contributed by atoms with E-state index >= 15 is 0 Å². The molecule has 0 unspecified atom stereocenters. The average molecular weight is 268 g/mol. The highest BCUT2D eigenvalue weighted by Crippen LogP contribution is 2.24. The molecular formula is C13H14ClNOS. The van der Waals surface area contributed by atoms with E-state index in [1.807, 2.05) is 18.2 Å². The van der Waals surface area contributed by atoms with Gasteiger partial charge < -0.3 is 5.32 Å². The first-order valence-electron chi connectivity index (χ1n) is 5.62. The first kappa shape index (κ1) is 12.4. The Morgan fingerprint density at radius 1 is 1.29 bits per heavy atom. The van der Waals surface area contributed by atoms with Crippen molar-refractivity contribution in [2.75, 3.05) is 11.2 Å². The Morgan fingerprint density at radius 2 is 2.18 bits per heavy atom. The predicted molar refractivity (Wildman–Crippen MR) is 75.0 cm³/mol. The Labute approximate surface area is 110 Å². The van der Waals surface area contributed by atoms with Gasteiger partial charge in [-0.05, 0) is 47.9 Å². The molecule has 0 saturated carbocycles. The smallest absolute Gasteiger partial charge is 0.224 e. The molecule has 2 nitrogen and oxygen atoms in total. The molecule has 1 aromatic carbocycles. The SMILES string of the molecule is O=C(CCCCCl)Nc1ccc2sccc2c1. The minimum absolute atomic E-state index is 0.0599. The number of unbranched alkanes of at least 4 members (excludes halogenated alkanes) is 1. The molecule has 4 heteroatoms. The second-order valence-electron chi connectivity index (χ2n) is 3.87. The molecule has 0 atom stereocenters. The molecule has 0 aliphatic carbocycles. The molecule has 0 bridgehead atoms. The van der Waals surface area contributed by atoms with Crippen LogP contribution in [0.4, 0.5) is 5.69 Å². The van der Waals surface area contributed by atoms with Crippen LogP contribution in [0.25, 0.3) is 10.1 Å². The standard InChI is InChI=1S/C13H14ClNOS/c14-7-2-1-3-13(16)15-11-4-5-12-10(9-11)6-8-17-12/h4-6,8-9H,1-3,7H2,(H,15,16). The number of halogens is 1. The van der Waals surface area contributed by atoms with Crippen molar-refractivity contribution in [3.8, 4) is 0 Å². The molecule has 0 aliphatic heterocycles. The van der Waals surface area contributed by atoms with Crippen LogP contribution in [0.2, 0.25) is 0 Å². The normalized spacial score (nSPS) is 10.6. The minimum Gasteiger partial charge on any atom is -0.326 e. The molecule has 1 heterocycles. The monoisotopic (exact) mass is 267 g/mol. The van der Waals surface area contributed by atoms with Gasteiger partial charge in [0, 0.05) is 22.7 Å². The topological polar surface area (TPSA) is 29.1 Å². The number of thiophene rings is 1. The van der Waals surface area contributed by atoms with Gasteiger partial charge in [-0.2, -0.15) is 0 Å². The molecule has 0 radical (unpaired) electrons. The molecule has 1 aromatic heterocycles. The zero-order valence-electron chi connectivity index (χ0n) is 9.41. The van der Waals surface area contributed by atoms with Gasteiger partial charge in [-0.3, -0.25) is 4.79 Å². The summed E-state index contributed by atoms with van der Waals surface area (Å²) in [6, 6.07) is 8.04. The predicted octanol–water partition coefficient (Wildman–Crippen LogP) is 4.25. The van der Waals surface area contributed by atoms with E-state index in [2.05, 4.69) is 16.8 Å². The lowest BCUT2D eigenvalue weighted by Gasteiger charge is -2.04. The molecule has 17 heavy (non-hydrogen) atoms. The Kier molecular flexibility index (Phi) is 4.40. The number of rotatable bonds is 5. The lowest BCUT2D eigenvalue weighted by molar-refractivity contribution is -0.116. The second-order valence-corrected chi connectivity index (χ2v) is 5.19. The van der Waals surface area contributed by atoms with Gasteiger partial charge in [0.05, 0.1) is 0 Å². The first-order chi connectivity index (χ1) is 8.29. The maximum Gasteiger partial charge on any atom is 0.224 e. The van der Waals surface area contributed by atoms with Gasteiger partial charge in [0.15, 0.2) is 0 Å². The highest BCUT2D eigenvalue weighted by Gasteiger charge is 2.03. The number of hydrogen-bond acceptors (Lipinski definition) is 2. The van der Waals surface area contributed by atoms with E-state index in [0.29, 0.717) is 12.3 Å². The number of carbonyl (C=O) groups excluding carboxylic acids is 1. The molecule has 2 aromatic rings. The van der Waals surface area contributed by atoms with E-state index in [-0.39, 0.29) is 5.91 Å². The van der Waals surface area contributed by atoms with Crippen LogP contribution >= 0.6 is 22.9 Å². The summed E-state index contributed by atoms with van der Waals surface area (Å²) in [6.07, 6.45) is 2.27. The number of fused-ring (bicyclic) bond motifs is 1. The maximum absolute atomic E-state index is 11.6. The van der Waals surface area contributed by atoms with Crippen molar-refractivity contribution in [3.05, 3.63) is 29.6 Å². The van der Waals surface area contributed by atoms with Crippen molar-refractivity contribution in [2.24, 2.45) is 0 Å². The third-order valence-corrected chi connectivity index (χ3v) is 3.69. The van der Waals surface area contributed by atoms with Crippen LogP contribution in [0, 0.1) is 0 Å². The molecule has 1 N–H and O–H groups in total. The van der Waals surface area contributed by atoms with Crippen LogP contribution in [0.3, 0.4) is 0 Å². The number of benzene rings is 1. The molecule has 0 fully saturated rings. The van der Waals surface area contributed by atoms with Crippen LogP contribution < -0.4 is 5.32 Å². The number of alkyl halides is 1. The number of hydrogen-bond donors (Lipinski definition) is 1. The van der Waals surface area contributed by atoms with E-state index in [9.17, 15) is 4.79 Å². The van der Waals surface area contributed by atoms with Crippen molar-refractivity contribution in [2.45, 2.75) is 19.3 Å². The molecular weight excluding hydrogens is 254 g/mol. The van der Waals surface area contributed by atoms with E-state index in [0.717, 1.165) is 18.5 Å². The molecule has 0 saturated heterocycles. The van der Waals surface area contributed by atoms with E-state index in [4.69, 9.17) is 11.6 Å². The highest BCUT2D eigenvalue weighted by atomic mass is 35.5. The van der Waals surface area contributed by atoms with E-state index < -0.39 is 0 Å². The van der Waals surface area contributed by atoms with Crippen molar-refractivity contribution in [1.82, 2.24) is 0 Å². The fourth-order valence-corrected chi connectivity index (χ4v) is 2.61. The van der Waals surface area contributed by atoms with Gasteiger partial charge >= 0.3 is 0 Å². The van der Waals surface area contributed by atoms with Crippen molar-refractivity contribution in [3.63, 3.8) is 0 Å². The molecule has 1 amide bonds.